The van der Waals surface area contributed by atoms with Gasteiger partial charge in [-0.3, -0.25) is 9.69 Å². The lowest BCUT2D eigenvalue weighted by Crippen LogP contribution is -2.43. The summed E-state index contributed by atoms with van der Waals surface area (Å²) in [6.07, 6.45) is 0. The first kappa shape index (κ1) is 14.7. The maximum absolute atomic E-state index is 11.7. The maximum atomic E-state index is 11.7. The van der Waals surface area contributed by atoms with Crippen LogP contribution in [0.15, 0.2) is 41.2 Å². The zero-order chi connectivity index (χ0) is 14.6. The second kappa shape index (κ2) is 6.15. The van der Waals surface area contributed by atoms with Crippen molar-refractivity contribution in [1.29, 1.82) is 0 Å². The number of aliphatic carboxylic acids is 1. The molecule has 0 saturated carbocycles. The maximum Gasteiger partial charge on any atom is 0.315 e. The van der Waals surface area contributed by atoms with Crippen molar-refractivity contribution in [3.8, 4) is 0 Å². The van der Waals surface area contributed by atoms with Gasteiger partial charge in [0.1, 0.15) is 5.41 Å². The van der Waals surface area contributed by atoms with E-state index in [9.17, 15) is 9.90 Å². The number of likely N-dealkylation sites (N-methyl/N-ethyl adjacent to an activating group) is 1. The van der Waals surface area contributed by atoms with Crippen LogP contribution in [-0.2, 0) is 16.8 Å². The molecule has 1 aromatic carbocycles. The minimum atomic E-state index is -0.925. The standard InChI is InChI=1S/C15H18N2O2S/c1-15(14(18)19,12-6-4-3-5-7-12)10-17(2)8-13-9-20-11-16-13/h3-7,9,11H,8,10H2,1-2H3,(H,18,19). The number of rotatable bonds is 6. The van der Waals surface area contributed by atoms with Gasteiger partial charge in [0.25, 0.3) is 0 Å². The lowest BCUT2D eigenvalue weighted by Gasteiger charge is -2.30. The van der Waals surface area contributed by atoms with Crippen molar-refractivity contribution in [2.75, 3.05) is 13.6 Å². The number of nitrogens with zero attached hydrogens (tertiary/aromatic N) is 2. The van der Waals surface area contributed by atoms with E-state index in [0.717, 1.165) is 11.3 Å². The van der Waals surface area contributed by atoms with Gasteiger partial charge in [0.2, 0.25) is 0 Å². The molecule has 0 bridgehead atoms. The van der Waals surface area contributed by atoms with Crippen LogP contribution in [0.3, 0.4) is 0 Å². The third kappa shape index (κ3) is 3.23. The van der Waals surface area contributed by atoms with E-state index in [2.05, 4.69) is 4.98 Å². The Kier molecular flexibility index (Phi) is 4.52. The van der Waals surface area contributed by atoms with Crippen molar-refractivity contribution >= 4 is 17.3 Å². The number of benzene rings is 1. The van der Waals surface area contributed by atoms with Gasteiger partial charge in [-0.15, -0.1) is 11.3 Å². The van der Waals surface area contributed by atoms with E-state index in [-0.39, 0.29) is 0 Å². The first-order valence-corrected chi connectivity index (χ1v) is 7.31. The van der Waals surface area contributed by atoms with Crippen LogP contribution in [0.4, 0.5) is 0 Å². The summed E-state index contributed by atoms with van der Waals surface area (Å²) in [6, 6.07) is 9.37. The third-order valence-electron chi connectivity index (χ3n) is 3.38. The van der Waals surface area contributed by atoms with Gasteiger partial charge in [-0.05, 0) is 19.5 Å². The molecule has 2 rings (SSSR count). The zero-order valence-corrected chi connectivity index (χ0v) is 12.4. The lowest BCUT2D eigenvalue weighted by atomic mass is 9.82. The number of aromatic nitrogens is 1. The van der Waals surface area contributed by atoms with E-state index in [1.165, 1.54) is 0 Å². The van der Waals surface area contributed by atoms with Gasteiger partial charge in [-0.1, -0.05) is 30.3 Å². The van der Waals surface area contributed by atoms with Crippen LogP contribution in [0.25, 0.3) is 0 Å². The van der Waals surface area contributed by atoms with E-state index >= 15 is 0 Å². The summed E-state index contributed by atoms with van der Waals surface area (Å²) in [5.41, 5.74) is 2.65. The fourth-order valence-corrected chi connectivity index (χ4v) is 2.83. The van der Waals surface area contributed by atoms with Crippen molar-refractivity contribution in [2.24, 2.45) is 0 Å². The van der Waals surface area contributed by atoms with Crippen LogP contribution in [0.5, 0.6) is 0 Å². The van der Waals surface area contributed by atoms with E-state index < -0.39 is 11.4 Å². The number of carboxylic acid groups (broad SMARTS) is 1. The van der Waals surface area contributed by atoms with Crippen molar-refractivity contribution in [1.82, 2.24) is 9.88 Å². The van der Waals surface area contributed by atoms with Gasteiger partial charge in [-0.25, -0.2) is 4.98 Å². The van der Waals surface area contributed by atoms with E-state index in [0.29, 0.717) is 13.1 Å². The first-order chi connectivity index (χ1) is 9.52. The predicted octanol–water partition coefficient (Wildman–Crippen LogP) is 2.62. The van der Waals surface area contributed by atoms with Gasteiger partial charge in [-0.2, -0.15) is 0 Å². The molecule has 0 radical (unpaired) electrons. The summed E-state index contributed by atoms with van der Waals surface area (Å²) in [4.78, 5) is 17.9. The molecule has 0 amide bonds. The van der Waals surface area contributed by atoms with Crippen molar-refractivity contribution in [3.63, 3.8) is 0 Å². The fourth-order valence-electron chi connectivity index (χ4n) is 2.28. The van der Waals surface area contributed by atoms with Crippen molar-refractivity contribution in [2.45, 2.75) is 18.9 Å². The number of carboxylic acids is 1. The quantitative estimate of drug-likeness (QED) is 0.888. The molecule has 1 N–H and O–H groups in total. The van der Waals surface area contributed by atoms with Gasteiger partial charge >= 0.3 is 5.97 Å². The van der Waals surface area contributed by atoms with Gasteiger partial charge < -0.3 is 5.11 Å². The van der Waals surface area contributed by atoms with E-state index in [1.54, 1.807) is 23.8 Å². The van der Waals surface area contributed by atoms with Crippen LogP contribution >= 0.6 is 11.3 Å². The van der Waals surface area contributed by atoms with Crippen molar-refractivity contribution < 1.29 is 9.90 Å². The first-order valence-electron chi connectivity index (χ1n) is 6.37. The van der Waals surface area contributed by atoms with Crippen LogP contribution in [0.2, 0.25) is 0 Å². The molecule has 0 fully saturated rings. The van der Waals surface area contributed by atoms with Crippen LogP contribution < -0.4 is 0 Å². The number of hydrogen-bond acceptors (Lipinski definition) is 4. The summed E-state index contributed by atoms with van der Waals surface area (Å²) < 4.78 is 0. The molecular formula is C15H18N2O2S. The molecule has 2 aromatic rings. The highest BCUT2D eigenvalue weighted by atomic mass is 32.1. The highest BCUT2D eigenvalue weighted by Crippen LogP contribution is 2.25. The fraction of sp³-hybridized carbons (Fsp3) is 0.333. The molecule has 1 unspecified atom stereocenters. The number of carbonyl (C=O) groups is 1. The summed E-state index contributed by atoms with van der Waals surface area (Å²) in [5.74, 6) is -0.811. The van der Waals surface area contributed by atoms with Crippen LogP contribution in [-0.4, -0.2) is 34.6 Å². The Morgan fingerprint density at radius 1 is 1.40 bits per heavy atom. The molecule has 0 aliphatic rings. The van der Waals surface area contributed by atoms with Gasteiger partial charge in [0.15, 0.2) is 0 Å². The second-order valence-corrected chi connectivity index (χ2v) is 5.87. The Bertz CT molecular complexity index is 557. The highest BCUT2D eigenvalue weighted by Gasteiger charge is 2.36. The average molecular weight is 290 g/mol. The Morgan fingerprint density at radius 3 is 2.65 bits per heavy atom. The van der Waals surface area contributed by atoms with Gasteiger partial charge in [0.05, 0.1) is 11.2 Å². The van der Waals surface area contributed by atoms with Crippen molar-refractivity contribution in [3.05, 3.63) is 52.5 Å². The molecule has 106 valence electrons. The predicted molar refractivity (Wildman–Crippen MR) is 79.9 cm³/mol. The topological polar surface area (TPSA) is 53.4 Å². The summed E-state index contributed by atoms with van der Waals surface area (Å²) >= 11 is 1.55. The lowest BCUT2D eigenvalue weighted by molar-refractivity contribution is -0.144. The SMILES string of the molecule is CN(Cc1cscn1)CC(C)(C(=O)O)c1ccccc1. The molecule has 0 spiro atoms. The molecule has 1 atom stereocenters. The molecule has 0 saturated heterocycles. The number of hydrogen-bond donors (Lipinski definition) is 1. The highest BCUT2D eigenvalue weighted by molar-refractivity contribution is 7.07. The summed E-state index contributed by atoms with van der Waals surface area (Å²) in [5, 5.41) is 11.6. The van der Waals surface area contributed by atoms with E-state index in [4.69, 9.17) is 0 Å². The second-order valence-electron chi connectivity index (χ2n) is 5.16. The molecule has 20 heavy (non-hydrogen) atoms. The molecule has 4 nitrogen and oxygen atoms in total. The minimum Gasteiger partial charge on any atom is -0.481 e. The summed E-state index contributed by atoms with van der Waals surface area (Å²) in [7, 11) is 1.92. The van der Waals surface area contributed by atoms with Crippen LogP contribution in [0.1, 0.15) is 18.2 Å². The molecular weight excluding hydrogens is 272 g/mol. The smallest absolute Gasteiger partial charge is 0.315 e. The van der Waals surface area contributed by atoms with E-state index in [1.807, 2.05) is 47.7 Å². The average Bonchev–Trinajstić information content (AvgIpc) is 2.92. The third-order valence-corrected chi connectivity index (χ3v) is 4.02. The Labute approximate surface area is 122 Å². The number of thiazole rings is 1. The molecule has 5 heteroatoms. The van der Waals surface area contributed by atoms with Gasteiger partial charge in [0, 0.05) is 18.5 Å². The monoisotopic (exact) mass is 290 g/mol. The molecule has 1 heterocycles. The Hall–Kier alpha value is -1.72. The molecule has 0 aliphatic heterocycles. The Morgan fingerprint density at radius 2 is 2.10 bits per heavy atom. The van der Waals surface area contributed by atoms with Crippen LogP contribution in [0, 0.1) is 0 Å². The largest absolute Gasteiger partial charge is 0.481 e. The molecule has 1 aromatic heterocycles. The molecule has 0 aliphatic carbocycles. The summed E-state index contributed by atoms with van der Waals surface area (Å²) in [6.45, 7) is 2.85. The Balaban J connectivity index is 2.15. The zero-order valence-electron chi connectivity index (χ0n) is 11.6. The minimum absolute atomic E-state index is 0.434. The normalized spacial score (nSPS) is 14.2.